The second-order valence-electron chi connectivity index (χ2n) is 4.49. The Kier molecular flexibility index (Phi) is 5.87. The van der Waals surface area contributed by atoms with Gasteiger partial charge in [-0.15, -0.1) is 0 Å². The summed E-state index contributed by atoms with van der Waals surface area (Å²) in [6.45, 7) is 2.73. The van der Waals surface area contributed by atoms with Gasteiger partial charge in [0.05, 0.1) is 6.61 Å². The van der Waals surface area contributed by atoms with Gasteiger partial charge in [0.15, 0.2) is 0 Å². The summed E-state index contributed by atoms with van der Waals surface area (Å²) < 4.78 is 32.6. The van der Waals surface area contributed by atoms with E-state index in [0.717, 1.165) is 12.1 Å². The Morgan fingerprint density at radius 1 is 1.42 bits per heavy atom. The highest BCUT2D eigenvalue weighted by Gasteiger charge is 2.22. The minimum absolute atomic E-state index is 0.0838. The van der Waals surface area contributed by atoms with Crippen molar-refractivity contribution < 1.29 is 18.3 Å². The third kappa shape index (κ3) is 4.24. The van der Waals surface area contributed by atoms with Crippen molar-refractivity contribution in [2.75, 3.05) is 27.3 Å². The third-order valence-electron chi connectivity index (χ3n) is 2.60. The van der Waals surface area contributed by atoms with E-state index in [1.807, 2.05) is 6.92 Å². The van der Waals surface area contributed by atoms with Gasteiger partial charge in [-0.3, -0.25) is 4.79 Å². The van der Waals surface area contributed by atoms with Gasteiger partial charge in [-0.1, -0.05) is 22.9 Å². The summed E-state index contributed by atoms with van der Waals surface area (Å²) in [5.41, 5.74) is -0.532. The lowest BCUT2D eigenvalue weighted by molar-refractivity contribution is 0.0727. The van der Waals surface area contributed by atoms with Gasteiger partial charge in [0.25, 0.3) is 5.91 Å². The largest absolute Gasteiger partial charge is 0.384 e. The van der Waals surface area contributed by atoms with E-state index >= 15 is 0 Å². The second kappa shape index (κ2) is 6.96. The SMILES string of the molecule is COC[C@H](C)CN(C)C(=O)c1c(F)cc(Br)cc1F. The Balaban J connectivity index is 2.88. The predicted octanol–water partition coefficient (Wildman–Crippen LogP) is 3.08. The minimum atomic E-state index is -0.872. The van der Waals surface area contributed by atoms with Crippen LogP contribution in [0, 0.1) is 17.6 Å². The van der Waals surface area contributed by atoms with Gasteiger partial charge < -0.3 is 9.64 Å². The first-order valence-electron chi connectivity index (χ1n) is 5.75. The molecule has 19 heavy (non-hydrogen) atoms. The summed E-state index contributed by atoms with van der Waals surface area (Å²) >= 11 is 2.97. The lowest BCUT2D eigenvalue weighted by Crippen LogP contribution is -2.33. The van der Waals surface area contributed by atoms with Crippen molar-refractivity contribution in [2.45, 2.75) is 6.92 Å². The van der Waals surface area contributed by atoms with Crippen LogP contribution in [0.3, 0.4) is 0 Å². The van der Waals surface area contributed by atoms with E-state index in [4.69, 9.17) is 4.74 Å². The number of rotatable bonds is 5. The summed E-state index contributed by atoms with van der Waals surface area (Å²) in [4.78, 5) is 13.3. The molecule has 0 saturated heterocycles. The molecule has 1 amide bonds. The fourth-order valence-electron chi connectivity index (χ4n) is 1.83. The van der Waals surface area contributed by atoms with Crippen LogP contribution in [-0.2, 0) is 4.74 Å². The predicted molar refractivity (Wildman–Crippen MR) is 72.1 cm³/mol. The van der Waals surface area contributed by atoms with Crippen LogP contribution in [0.25, 0.3) is 0 Å². The molecular formula is C13H16BrF2NO2. The van der Waals surface area contributed by atoms with Crippen molar-refractivity contribution in [1.29, 1.82) is 0 Å². The molecule has 0 fully saturated rings. The monoisotopic (exact) mass is 335 g/mol. The fourth-order valence-corrected chi connectivity index (χ4v) is 2.23. The molecule has 0 aromatic heterocycles. The Morgan fingerprint density at radius 3 is 2.42 bits per heavy atom. The minimum Gasteiger partial charge on any atom is -0.384 e. The van der Waals surface area contributed by atoms with Crippen LogP contribution in [-0.4, -0.2) is 38.1 Å². The van der Waals surface area contributed by atoms with E-state index in [9.17, 15) is 13.6 Å². The molecular weight excluding hydrogens is 320 g/mol. The standard InChI is InChI=1S/C13H16BrF2NO2/c1-8(7-19-3)6-17(2)13(18)12-10(15)4-9(14)5-11(12)16/h4-5,8H,6-7H2,1-3H3/t8-/m1/s1. The Labute approximate surface area is 119 Å². The van der Waals surface area contributed by atoms with Crippen molar-refractivity contribution >= 4 is 21.8 Å². The molecule has 1 atom stereocenters. The van der Waals surface area contributed by atoms with Crippen LogP contribution in [0.5, 0.6) is 0 Å². The highest BCUT2D eigenvalue weighted by molar-refractivity contribution is 9.10. The fraction of sp³-hybridized carbons (Fsp3) is 0.462. The molecule has 1 aromatic rings. The van der Waals surface area contributed by atoms with E-state index in [1.165, 1.54) is 11.9 Å². The summed E-state index contributed by atoms with van der Waals surface area (Å²) in [5, 5.41) is 0. The molecule has 0 N–H and O–H groups in total. The Hall–Kier alpha value is -1.01. The number of halogens is 3. The van der Waals surface area contributed by atoms with E-state index in [1.54, 1.807) is 7.11 Å². The first-order valence-corrected chi connectivity index (χ1v) is 6.55. The maximum atomic E-state index is 13.7. The van der Waals surface area contributed by atoms with E-state index in [-0.39, 0.29) is 10.4 Å². The van der Waals surface area contributed by atoms with E-state index < -0.39 is 23.1 Å². The highest BCUT2D eigenvalue weighted by atomic mass is 79.9. The molecule has 0 radical (unpaired) electrons. The van der Waals surface area contributed by atoms with Gasteiger partial charge in [-0.25, -0.2) is 8.78 Å². The van der Waals surface area contributed by atoms with Crippen molar-refractivity contribution in [1.82, 2.24) is 4.90 Å². The number of hydrogen-bond acceptors (Lipinski definition) is 2. The molecule has 0 aliphatic carbocycles. The van der Waals surface area contributed by atoms with Crippen molar-refractivity contribution in [3.63, 3.8) is 0 Å². The number of carbonyl (C=O) groups excluding carboxylic acids is 1. The zero-order valence-corrected chi connectivity index (χ0v) is 12.6. The molecule has 1 rings (SSSR count). The number of amides is 1. The third-order valence-corrected chi connectivity index (χ3v) is 3.06. The molecule has 0 spiro atoms. The number of carbonyl (C=O) groups is 1. The Morgan fingerprint density at radius 2 is 1.95 bits per heavy atom. The normalized spacial score (nSPS) is 12.3. The van der Waals surface area contributed by atoms with Gasteiger partial charge in [0.1, 0.15) is 17.2 Å². The molecule has 106 valence electrons. The second-order valence-corrected chi connectivity index (χ2v) is 5.41. The van der Waals surface area contributed by atoms with Gasteiger partial charge in [-0.05, 0) is 18.1 Å². The number of methoxy groups -OCH3 is 1. The van der Waals surface area contributed by atoms with Gasteiger partial charge >= 0.3 is 0 Å². The maximum absolute atomic E-state index is 13.7. The lowest BCUT2D eigenvalue weighted by atomic mass is 10.1. The van der Waals surface area contributed by atoms with Crippen LogP contribution >= 0.6 is 15.9 Å². The summed E-state index contributed by atoms with van der Waals surface area (Å²) in [7, 11) is 3.07. The highest BCUT2D eigenvalue weighted by Crippen LogP contribution is 2.20. The van der Waals surface area contributed by atoms with Crippen LogP contribution in [0.15, 0.2) is 16.6 Å². The van der Waals surface area contributed by atoms with E-state index in [0.29, 0.717) is 13.2 Å². The van der Waals surface area contributed by atoms with Gasteiger partial charge in [-0.2, -0.15) is 0 Å². The average Bonchev–Trinajstić information content (AvgIpc) is 2.27. The number of hydrogen-bond donors (Lipinski definition) is 0. The van der Waals surface area contributed by atoms with Crippen molar-refractivity contribution in [3.8, 4) is 0 Å². The van der Waals surface area contributed by atoms with Crippen molar-refractivity contribution in [2.24, 2.45) is 5.92 Å². The smallest absolute Gasteiger partial charge is 0.259 e. The molecule has 6 heteroatoms. The molecule has 0 bridgehead atoms. The molecule has 1 aromatic carbocycles. The summed E-state index contributed by atoms with van der Waals surface area (Å²) in [6.07, 6.45) is 0. The number of ether oxygens (including phenoxy) is 1. The molecule has 0 heterocycles. The van der Waals surface area contributed by atoms with Crippen molar-refractivity contribution in [3.05, 3.63) is 33.8 Å². The van der Waals surface area contributed by atoms with Gasteiger partial charge in [0.2, 0.25) is 0 Å². The van der Waals surface area contributed by atoms with E-state index in [2.05, 4.69) is 15.9 Å². The first kappa shape index (κ1) is 16.0. The quantitative estimate of drug-likeness (QED) is 0.827. The number of nitrogens with zero attached hydrogens (tertiary/aromatic N) is 1. The molecule has 0 unspecified atom stereocenters. The zero-order valence-electron chi connectivity index (χ0n) is 11.0. The molecule has 0 aliphatic heterocycles. The van der Waals surface area contributed by atoms with Crippen LogP contribution in [0.2, 0.25) is 0 Å². The molecule has 0 saturated carbocycles. The average molecular weight is 336 g/mol. The lowest BCUT2D eigenvalue weighted by Gasteiger charge is -2.21. The van der Waals surface area contributed by atoms with Crippen LogP contribution in [0.4, 0.5) is 8.78 Å². The Bertz CT molecular complexity index is 445. The van der Waals surface area contributed by atoms with Gasteiger partial charge in [0, 0.05) is 25.2 Å². The summed E-state index contributed by atoms with van der Waals surface area (Å²) in [5.74, 6) is -2.34. The number of benzene rings is 1. The topological polar surface area (TPSA) is 29.5 Å². The van der Waals surface area contributed by atoms with Crippen LogP contribution < -0.4 is 0 Å². The molecule has 0 aliphatic rings. The maximum Gasteiger partial charge on any atom is 0.259 e. The van der Waals surface area contributed by atoms with Crippen LogP contribution in [0.1, 0.15) is 17.3 Å². The zero-order chi connectivity index (χ0) is 14.6. The molecule has 3 nitrogen and oxygen atoms in total. The summed E-state index contributed by atoms with van der Waals surface area (Å²) in [6, 6.07) is 2.14. The first-order chi connectivity index (χ1) is 8.86.